The average molecular weight is 435 g/mol. The van der Waals surface area contributed by atoms with Gasteiger partial charge in [-0.15, -0.1) is 6.58 Å². The van der Waals surface area contributed by atoms with Crippen molar-refractivity contribution in [3.8, 4) is 0 Å². The Labute approximate surface area is 187 Å². The van der Waals surface area contributed by atoms with Crippen LogP contribution in [0.25, 0.3) is 0 Å². The third-order valence-electron chi connectivity index (χ3n) is 6.81. The molecule has 4 heteroatoms. The highest BCUT2D eigenvalue weighted by Crippen LogP contribution is 2.43. The van der Waals surface area contributed by atoms with E-state index < -0.39 is 14.6 Å². The van der Waals surface area contributed by atoms with Crippen LogP contribution in [0, 0.1) is 11.8 Å². The smallest absolute Gasteiger partial charge is 0.261 e. The van der Waals surface area contributed by atoms with Gasteiger partial charge >= 0.3 is 0 Å². The zero-order chi connectivity index (χ0) is 22.1. The van der Waals surface area contributed by atoms with E-state index in [1.807, 2.05) is 6.08 Å². The van der Waals surface area contributed by atoms with Crippen molar-refractivity contribution < 1.29 is 14.3 Å². The van der Waals surface area contributed by atoms with Gasteiger partial charge in [-0.2, -0.15) is 0 Å². The largest absolute Gasteiger partial charge is 0.401 e. The van der Waals surface area contributed by atoms with E-state index in [0.29, 0.717) is 0 Å². The summed E-state index contributed by atoms with van der Waals surface area (Å²) in [4.78, 5) is 0. The predicted molar refractivity (Wildman–Crippen MR) is 129 cm³/mol. The minimum atomic E-state index is -2.61. The number of hydrogen-bond donors (Lipinski definition) is 1. The van der Waals surface area contributed by atoms with Crippen LogP contribution < -0.4 is 10.4 Å². The lowest BCUT2D eigenvalue weighted by Crippen LogP contribution is -2.67. The lowest BCUT2D eigenvalue weighted by atomic mass is 9.80. The van der Waals surface area contributed by atoms with Crippen molar-refractivity contribution in [2.75, 3.05) is 0 Å². The number of benzene rings is 2. The summed E-state index contributed by atoms with van der Waals surface area (Å²) < 4.78 is 13.1. The first-order valence-corrected chi connectivity index (χ1v) is 13.2. The van der Waals surface area contributed by atoms with Gasteiger partial charge in [0.05, 0.1) is 12.2 Å². The minimum absolute atomic E-state index is 0.00676. The summed E-state index contributed by atoms with van der Waals surface area (Å²) in [5.41, 5.74) is 0. The van der Waals surface area contributed by atoms with Crippen LogP contribution >= 0.6 is 0 Å². The van der Waals surface area contributed by atoms with Crippen LogP contribution in [0.3, 0.4) is 0 Å². The summed E-state index contributed by atoms with van der Waals surface area (Å²) in [5.74, 6) is 0.269. The first kappa shape index (κ1) is 22.2. The van der Waals surface area contributed by atoms with E-state index in [1.54, 1.807) is 0 Å². The zero-order valence-electron chi connectivity index (χ0n) is 18.8. The summed E-state index contributed by atoms with van der Waals surface area (Å²) in [6, 6.07) is 21.5. The van der Waals surface area contributed by atoms with E-state index in [9.17, 15) is 5.11 Å². The molecule has 0 aromatic heterocycles. The third kappa shape index (κ3) is 4.10. The monoisotopic (exact) mass is 434 g/mol. The molecule has 2 aliphatic rings. The van der Waals surface area contributed by atoms with Crippen molar-refractivity contribution in [2.45, 2.75) is 57.1 Å². The van der Waals surface area contributed by atoms with Gasteiger partial charge in [0.15, 0.2) is 6.29 Å². The molecule has 0 unspecified atom stereocenters. The van der Waals surface area contributed by atoms with Crippen LogP contribution in [0.4, 0.5) is 0 Å². The van der Waals surface area contributed by atoms with Crippen molar-refractivity contribution in [2.24, 2.45) is 11.8 Å². The van der Waals surface area contributed by atoms with E-state index >= 15 is 0 Å². The highest BCUT2D eigenvalue weighted by Gasteiger charge is 2.53. The molecule has 4 rings (SSSR count). The van der Waals surface area contributed by atoms with E-state index in [-0.39, 0.29) is 29.1 Å². The lowest BCUT2D eigenvalue weighted by molar-refractivity contribution is -0.101. The second-order valence-electron chi connectivity index (χ2n) is 9.77. The highest BCUT2D eigenvalue weighted by atomic mass is 28.4. The lowest BCUT2D eigenvalue weighted by Gasteiger charge is -2.46. The Morgan fingerprint density at radius 2 is 1.61 bits per heavy atom. The topological polar surface area (TPSA) is 38.7 Å². The number of fused-ring (bicyclic) bond motifs is 1. The molecule has 2 aromatic rings. The number of rotatable bonds is 6. The molecule has 3 nitrogen and oxygen atoms in total. The van der Waals surface area contributed by atoms with Gasteiger partial charge in [-0.25, -0.2) is 0 Å². The maximum absolute atomic E-state index is 10.4. The molecule has 1 N–H and O–H groups in total. The van der Waals surface area contributed by atoms with Crippen LogP contribution in [0.2, 0.25) is 5.04 Å². The first-order chi connectivity index (χ1) is 14.9. The molecule has 1 aliphatic carbocycles. The fourth-order valence-corrected chi connectivity index (χ4v) is 10.0. The first-order valence-electron chi connectivity index (χ1n) is 11.3. The van der Waals surface area contributed by atoms with E-state index in [4.69, 9.17) is 9.16 Å². The summed E-state index contributed by atoms with van der Waals surface area (Å²) in [6.07, 6.45) is 6.99. The molecule has 164 valence electrons. The Hall–Kier alpha value is -1.98. The Morgan fingerprint density at radius 3 is 2.13 bits per heavy atom. The third-order valence-corrected chi connectivity index (χ3v) is 11.9. The molecule has 31 heavy (non-hydrogen) atoms. The number of ether oxygens (including phenoxy) is 1. The van der Waals surface area contributed by atoms with Gasteiger partial charge in [0.1, 0.15) is 0 Å². The Balaban J connectivity index is 1.75. The van der Waals surface area contributed by atoms with Crippen LogP contribution in [-0.2, 0) is 9.16 Å². The molecule has 5 atom stereocenters. The summed E-state index contributed by atoms with van der Waals surface area (Å²) in [5, 5.41) is 12.9. The molecule has 1 heterocycles. The fraction of sp³-hybridized carbons (Fsp3) is 0.407. The number of hydrogen-bond acceptors (Lipinski definition) is 3. The summed E-state index contributed by atoms with van der Waals surface area (Å²) in [6.45, 7) is 10.8. The minimum Gasteiger partial charge on any atom is -0.401 e. The van der Waals surface area contributed by atoms with E-state index in [0.717, 1.165) is 12.8 Å². The Kier molecular flexibility index (Phi) is 6.36. The quantitative estimate of drug-likeness (QED) is 0.540. The molecule has 0 bridgehead atoms. The van der Waals surface area contributed by atoms with Crippen LogP contribution in [0.5, 0.6) is 0 Å². The van der Waals surface area contributed by atoms with Crippen molar-refractivity contribution in [1.29, 1.82) is 0 Å². The van der Waals surface area contributed by atoms with Gasteiger partial charge < -0.3 is 14.3 Å². The normalized spacial score (nSPS) is 28.3. The van der Waals surface area contributed by atoms with Crippen molar-refractivity contribution in [1.82, 2.24) is 0 Å². The molecule has 1 saturated heterocycles. The Morgan fingerprint density at radius 1 is 1.03 bits per heavy atom. The molecular formula is C27H34O3Si. The molecule has 2 aromatic carbocycles. The number of aliphatic hydroxyl groups is 1. The van der Waals surface area contributed by atoms with E-state index in [2.05, 4.69) is 100 Å². The SMILES string of the molecule is C=CC[C@H]1O[C@H](O)[C@@H]2C=C[C@H](O[Si](c3ccccc3)(c3ccccc3)C(C)(C)C)C[C@@H]21. The van der Waals surface area contributed by atoms with Crippen LogP contribution in [0.15, 0.2) is 85.5 Å². The Bertz CT molecular complexity index is 864. The van der Waals surface area contributed by atoms with Gasteiger partial charge in [-0.1, -0.05) is 99.7 Å². The molecule has 0 radical (unpaired) electrons. The average Bonchev–Trinajstić information content (AvgIpc) is 3.07. The van der Waals surface area contributed by atoms with Crippen molar-refractivity contribution in [3.63, 3.8) is 0 Å². The maximum atomic E-state index is 10.4. The molecule has 0 spiro atoms. The van der Waals surface area contributed by atoms with Gasteiger partial charge in [-0.3, -0.25) is 0 Å². The second kappa shape index (κ2) is 8.87. The zero-order valence-corrected chi connectivity index (χ0v) is 19.8. The van der Waals surface area contributed by atoms with Crippen molar-refractivity contribution >= 4 is 18.7 Å². The molecule has 1 aliphatic heterocycles. The van der Waals surface area contributed by atoms with Gasteiger partial charge in [0.2, 0.25) is 0 Å². The van der Waals surface area contributed by atoms with Crippen LogP contribution in [-0.4, -0.2) is 31.9 Å². The maximum Gasteiger partial charge on any atom is 0.261 e. The molecular weight excluding hydrogens is 400 g/mol. The van der Waals surface area contributed by atoms with Crippen LogP contribution in [0.1, 0.15) is 33.6 Å². The standard InChI is InChI=1S/C27H34O3Si/c1-5-12-25-24-19-20(17-18-23(24)26(28)29-25)30-31(27(2,3)4,21-13-8-6-9-14-21)22-15-10-7-11-16-22/h5-11,13-18,20,23-26,28H,1,12,19H2,2-4H3/t20-,23+,24-,25+,26-/m0/s1. The molecule has 1 fully saturated rings. The van der Waals surface area contributed by atoms with Crippen molar-refractivity contribution in [3.05, 3.63) is 85.5 Å². The molecule has 0 amide bonds. The fourth-order valence-electron chi connectivity index (χ4n) is 5.38. The van der Waals surface area contributed by atoms with Gasteiger partial charge in [0.25, 0.3) is 8.32 Å². The van der Waals surface area contributed by atoms with Gasteiger partial charge in [0, 0.05) is 5.92 Å². The highest BCUT2D eigenvalue weighted by molar-refractivity contribution is 6.99. The summed E-state index contributed by atoms with van der Waals surface area (Å²) >= 11 is 0. The number of aliphatic hydroxyl groups excluding tert-OH is 1. The summed E-state index contributed by atoms with van der Waals surface area (Å²) in [7, 11) is -2.61. The predicted octanol–water partition coefficient (Wildman–Crippen LogP) is 4.42. The van der Waals surface area contributed by atoms with E-state index in [1.165, 1.54) is 10.4 Å². The molecule has 0 saturated carbocycles. The second-order valence-corrected chi connectivity index (χ2v) is 14.0. The van der Waals surface area contributed by atoms with Gasteiger partial charge in [-0.05, 0) is 34.2 Å².